The molecule has 0 radical (unpaired) electrons. The van der Waals surface area contributed by atoms with E-state index in [1.807, 2.05) is 24.5 Å². The number of hydrogen-bond acceptors (Lipinski definition) is 3. The van der Waals surface area contributed by atoms with Crippen molar-refractivity contribution in [3.05, 3.63) is 30.7 Å². The second-order valence-electron chi connectivity index (χ2n) is 2.13. The SMILES string of the molecule is Nc1ncc(-n2cccc2)o1. The maximum Gasteiger partial charge on any atom is 0.293 e. The predicted octanol–water partition coefficient (Wildman–Crippen LogP) is 1.05. The van der Waals surface area contributed by atoms with Crippen LogP contribution in [0.4, 0.5) is 6.01 Å². The van der Waals surface area contributed by atoms with Crippen LogP contribution in [0, 0.1) is 0 Å². The lowest BCUT2D eigenvalue weighted by Crippen LogP contribution is -1.85. The van der Waals surface area contributed by atoms with Crippen molar-refractivity contribution < 1.29 is 4.42 Å². The first-order valence-electron chi connectivity index (χ1n) is 3.21. The van der Waals surface area contributed by atoms with E-state index in [4.69, 9.17) is 10.2 Å². The predicted molar refractivity (Wildman–Crippen MR) is 40.2 cm³/mol. The van der Waals surface area contributed by atoms with Crippen molar-refractivity contribution in [2.45, 2.75) is 0 Å². The van der Waals surface area contributed by atoms with Gasteiger partial charge in [0.05, 0.1) is 6.20 Å². The molecular formula is C7H7N3O. The van der Waals surface area contributed by atoms with Gasteiger partial charge in [0.2, 0.25) is 5.88 Å². The molecule has 0 amide bonds. The Bertz CT molecular complexity index is 336. The third-order valence-electron chi connectivity index (χ3n) is 1.37. The lowest BCUT2D eigenvalue weighted by Gasteiger charge is -1.92. The second-order valence-corrected chi connectivity index (χ2v) is 2.13. The van der Waals surface area contributed by atoms with E-state index in [1.54, 1.807) is 10.8 Å². The summed E-state index contributed by atoms with van der Waals surface area (Å²) >= 11 is 0. The Morgan fingerprint density at radius 3 is 2.64 bits per heavy atom. The molecule has 0 saturated heterocycles. The van der Waals surface area contributed by atoms with Gasteiger partial charge in [0.25, 0.3) is 6.01 Å². The molecule has 0 atom stereocenters. The number of nitrogens with two attached hydrogens (primary N) is 1. The van der Waals surface area contributed by atoms with Crippen LogP contribution in [0.2, 0.25) is 0 Å². The number of rotatable bonds is 1. The molecule has 2 heterocycles. The first-order chi connectivity index (χ1) is 5.36. The second kappa shape index (κ2) is 2.16. The van der Waals surface area contributed by atoms with Gasteiger partial charge in [-0.25, -0.2) is 0 Å². The minimum atomic E-state index is 0.189. The normalized spacial score (nSPS) is 10.2. The summed E-state index contributed by atoms with van der Waals surface area (Å²) in [6.45, 7) is 0. The maximum absolute atomic E-state index is 5.29. The number of nitrogen functional groups attached to an aromatic ring is 1. The Balaban J connectivity index is 2.45. The van der Waals surface area contributed by atoms with Crippen LogP contribution in [0.25, 0.3) is 5.88 Å². The summed E-state index contributed by atoms with van der Waals surface area (Å²) < 4.78 is 6.85. The zero-order valence-corrected chi connectivity index (χ0v) is 5.77. The molecule has 56 valence electrons. The molecule has 0 unspecified atom stereocenters. The zero-order chi connectivity index (χ0) is 7.68. The molecule has 2 rings (SSSR count). The van der Waals surface area contributed by atoms with Gasteiger partial charge in [-0.1, -0.05) is 0 Å². The van der Waals surface area contributed by atoms with Crippen LogP contribution < -0.4 is 5.73 Å². The molecule has 4 nitrogen and oxygen atoms in total. The third-order valence-corrected chi connectivity index (χ3v) is 1.37. The topological polar surface area (TPSA) is 57.0 Å². The van der Waals surface area contributed by atoms with Crippen molar-refractivity contribution in [2.75, 3.05) is 5.73 Å². The van der Waals surface area contributed by atoms with E-state index >= 15 is 0 Å². The summed E-state index contributed by atoms with van der Waals surface area (Å²) in [5, 5.41) is 0. The van der Waals surface area contributed by atoms with Crippen molar-refractivity contribution in [3.63, 3.8) is 0 Å². The van der Waals surface area contributed by atoms with Crippen molar-refractivity contribution in [2.24, 2.45) is 0 Å². The Kier molecular flexibility index (Phi) is 1.18. The highest BCUT2D eigenvalue weighted by atomic mass is 16.4. The van der Waals surface area contributed by atoms with Gasteiger partial charge >= 0.3 is 0 Å². The van der Waals surface area contributed by atoms with E-state index in [-0.39, 0.29) is 6.01 Å². The summed E-state index contributed by atoms with van der Waals surface area (Å²) in [4.78, 5) is 3.76. The summed E-state index contributed by atoms with van der Waals surface area (Å²) in [7, 11) is 0. The minimum Gasteiger partial charge on any atom is -0.407 e. The summed E-state index contributed by atoms with van der Waals surface area (Å²) in [6.07, 6.45) is 5.30. The average Bonchev–Trinajstić information content (AvgIpc) is 2.55. The van der Waals surface area contributed by atoms with E-state index in [0.717, 1.165) is 0 Å². The summed E-state index contributed by atoms with van der Waals surface area (Å²) in [6, 6.07) is 3.99. The van der Waals surface area contributed by atoms with Crippen LogP contribution in [0.15, 0.2) is 35.1 Å². The number of anilines is 1. The molecule has 0 aromatic carbocycles. The quantitative estimate of drug-likeness (QED) is 0.659. The molecule has 2 aromatic heterocycles. The first-order valence-corrected chi connectivity index (χ1v) is 3.21. The fraction of sp³-hybridized carbons (Fsp3) is 0. The molecule has 2 aromatic rings. The fourth-order valence-electron chi connectivity index (χ4n) is 0.879. The molecule has 0 saturated carbocycles. The molecular weight excluding hydrogens is 142 g/mol. The Morgan fingerprint density at radius 1 is 1.36 bits per heavy atom. The van der Waals surface area contributed by atoms with Gasteiger partial charge < -0.3 is 10.2 Å². The maximum atomic E-state index is 5.29. The van der Waals surface area contributed by atoms with Crippen molar-refractivity contribution in [1.82, 2.24) is 9.55 Å². The van der Waals surface area contributed by atoms with Gasteiger partial charge in [0, 0.05) is 12.4 Å². The highest BCUT2D eigenvalue weighted by Gasteiger charge is 1.99. The molecule has 0 aliphatic rings. The van der Waals surface area contributed by atoms with Crippen LogP contribution in [-0.4, -0.2) is 9.55 Å². The number of hydrogen-bond donors (Lipinski definition) is 1. The molecule has 4 heteroatoms. The van der Waals surface area contributed by atoms with Crippen molar-refractivity contribution >= 4 is 6.01 Å². The Hall–Kier alpha value is -1.71. The molecule has 2 N–H and O–H groups in total. The Labute approximate surface area is 63.3 Å². The number of aromatic nitrogens is 2. The summed E-state index contributed by atoms with van der Waals surface area (Å²) in [5.74, 6) is 0.632. The monoisotopic (exact) mass is 149 g/mol. The number of oxazole rings is 1. The van der Waals surface area contributed by atoms with Crippen LogP contribution in [-0.2, 0) is 0 Å². The van der Waals surface area contributed by atoms with Crippen LogP contribution in [0.1, 0.15) is 0 Å². The molecule has 0 spiro atoms. The third kappa shape index (κ3) is 0.980. The number of nitrogens with zero attached hydrogens (tertiary/aromatic N) is 2. The highest BCUT2D eigenvalue weighted by molar-refractivity contribution is 5.22. The van der Waals surface area contributed by atoms with Gasteiger partial charge in [-0.3, -0.25) is 4.57 Å². The summed E-state index contributed by atoms with van der Waals surface area (Å²) in [5.41, 5.74) is 5.29. The molecule has 0 aliphatic carbocycles. The molecule has 0 bridgehead atoms. The van der Waals surface area contributed by atoms with Crippen molar-refractivity contribution in [1.29, 1.82) is 0 Å². The van der Waals surface area contributed by atoms with E-state index < -0.39 is 0 Å². The fourth-order valence-corrected chi connectivity index (χ4v) is 0.879. The smallest absolute Gasteiger partial charge is 0.293 e. The Morgan fingerprint density at radius 2 is 2.09 bits per heavy atom. The highest BCUT2D eigenvalue weighted by Crippen LogP contribution is 2.10. The molecule has 0 fully saturated rings. The minimum absolute atomic E-state index is 0.189. The van der Waals surface area contributed by atoms with E-state index in [2.05, 4.69) is 4.98 Å². The van der Waals surface area contributed by atoms with Crippen LogP contribution >= 0.6 is 0 Å². The van der Waals surface area contributed by atoms with Gasteiger partial charge in [0.1, 0.15) is 0 Å². The average molecular weight is 149 g/mol. The van der Waals surface area contributed by atoms with Crippen molar-refractivity contribution in [3.8, 4) is 5.88 Å². The standard InChI is InChI=1S/C7H7N3O/c8-7-9-5-6(11-7)10-3-1-2-4-10/h1-5H,(H2,8,9). The van der Waals surface area contributed by atoms with Gasteiger partial charge in [-0.05, 0) is 12.1 Å². The first kappa shape index (κ1) is 6.03. The van der Waals surface area contributed by atoms with Gasteiger partial charge in [0.15, 0.2) is 0 Å². The largest absolute Gasteiger partial charge is 0.407 e. The lowest BCUT2D eigenvalue weighted by atomic mass is 10.7. The molecule has 11 heavy (non-hydrogen) atoms. The van der Waals surface area contributed by atoms with E-state index in [0.29, 0.717) is 5.88 Å². The van der Waals surface area contributed by atoms with Crippen LogP contribution in [0.3, 0.4) is 0 Å². The zero-order valence-electron chi connectivity index (χ0n) is 5.77. The lowest BCUT2D eigenvalue weighted by molar-refractivity contribution is 0.552. The van der Waals surface area contributed by atoms with E-state index in [1.165, 1.54) is 0 Å². The van der Waals surface area contributed by atoms with Gasteiger partial charge in [-0.15, -0.1) is 0 Å². The van der Waals surface area contributed by atoms with Gasteiger partial charge in [-0.2, -0.15) is 4.98 Å². The van der Waals surface area contributed by atoms with E-state index in [9.17, 15) is 0 Å². The van der Waals surface area contributed by atoms with Crippen LogP contribution in [0.5, 0.6) is 0 Å². The molecule has 0 aliphatic heterocycles.